The van der Waals surface area contributed by atoms with E-state index in [1.54, 1.807) is 4.31 Å². The molecule has 2 aliphatic rings. The number of benzene rings is 2. The van der Waals surface area contributed by atoms with Crippen molar-refractivity contribution in [1.29, 1.82) is 0 Å². The first kappa shape index (κ1) is 23.0. The number of nitrogens with one attached hydrogen (secondary N) is 1. The number of aryl methyl sites for hydroxylation is 3. The summed E-state index contributed by atoms with van der Waals surface area (Å²) in [5.41, 5.74) is 5.88. The summed E-state index contributed by atoms with van der Waals surface area (Å²) in [6.07, 6.45) is 5.91. The van der Waals surface area contributed by atoms with Gasteiger partial charge >= 0.3 is 0 Å². The molecule has 1 amide bonds. The van der Waals surface area contributed by atoms with Gasteiger partial charge in [-0.25, -0.2) is 12.7 Å². The van der Waals surface area contributed by atoms with Crippen LogP contribution < -0.4 is 5.32 Å². The van der Waals surface area contributed by atoms with E-state index in [4.69, 9.17) is 0 Å². The minimum absolute atomic E-state index is 0.0148. The lowest BCUT2D eigenvalue weighted by atomic mass is 9.89. The monoisotopic (exact) mass is 454 g/mol. The van der Waals surface area contributed by atoms with Crippen molar-refractivity contribution in [3.05, 3.63) is 70.3 Å². The van der Waals surface area contributed by atoms with Crippen LogP contribution >= 0.6 is 0 Å². The molecule has 6 heteroatoms. The van der Waals surface area contributed by atoms with Gasteiger partial charge in [0, 0.05) is 19.0 Å². The van der Waals surface area contributed by atoms with E-state index in [-0.39, 0.29) is 23.6 Å². The molecule has 1 N–H and O–H groups in total. The van der Waals surface area contributed by atoms with Crippen LogP contribution in [0.5, 0.6) is 0 Å². The summed E-state index contributed by atoms with van der Waals surface area (Å²) in [5, 5.41) is 3.17. The Labute approximate surface area is 192 Å². The van der Waals surface area contributed by atoms with Crippen molar-refractivity contribution < 1.29 is 13.2 Å². The third-order valence-corrected chi connectivity index (χ3v) is 8.73. The molecule has 2 aromatic carbocycles. The summed E-state index contributed by atoms with van der Waals surface area (Å²) >= 11 is 0. The number of nitrogens with zero attached hydrogens (tertiary/aromatic N) is 1. The Kier molecular flexibility index (Phi) is 7.01. The first-order chi connectivity index (χ1) is 15.3. The molecule has 0 saturated carbocycles. The average Bonchev–Trinajstić information content (AvgIpc) is 2.78. The Bertz CT molecular complexity index is 1070. The minimum Gasteiger partial charge on any atom is -0.349 e. The fourth-order valence-corrected chi connectivity index (χ4v) is 6.49. The lowest BCUT2D eigenvalue weighted by molar-refractivity contribution is -0.126. The summed E-state index contributed by atoms with van der Waals surface area (Å²) in [6.45, 7) is 4.80. The molecule has 1 aliphatic heterocycles. The first-order valence-electron chi connectivity index (χ1n) is 11.8. The van der Waals surface area contributed by atoms with Gasteiger partial charge in [-0.15, -0.1) is 0 Å². The fourth-order valence-electron chi connectivity index (χ4n) is 4.94. The number of sulfonamides is 1. The first-order valence-corrected chi connectivity index (χ1v) is 13.4. The van der Waals surface area contributed by atoms with Crippen molar-refractivity contribution in [1.82, 2.24) is 9.62 Å². The SMILES string of the molecule is Cc1cccc(CS(=O)(=O)N2CCC(C(=O)N[C@H](C)c3ccc4c(c3)CCCC4)CC2)c1. The predicted molar refractivity (Wildman–Crippen MR) is 128 cm³/mol. The molecule has 1 saturated heterocycles. The van der Waals surface area contributed by atoms with Gasteiger partial charge in [-0.05, 0) is 74.6 Å². The highest BCUT2D eigenvalue weighted by Crippen LogP contribution is 2.26. The Balaban J connectivity index is 1.31. The van der Waals surface area contributed by atoms with Crippen molar-refractivity contribution in [2.75, 3.05) is 13.1 Å². The van der Waals surface area contributed by atoms with E-state index in [1.807, 2.05) is 38.1 Å². The number of hydrogen-bond acceptors (Lipinski definition) is 3. The van der Waals surface area contributed by atoms with Crippen LogP contribution in [0.15, 0.2) is 42.5 Å². The lowest BCUT2D eigenvalue weighted by Crippen LogP contribution is -2.43. The number of carbonyl (C=O) groups excluding carboxylic acids is 1. The summed E-state index contributed by atoms with van der Waals surface area (Å²) in [5.74, 6) is -0.0904. The molecule has 1 aliphatic carbocycles. The zero-order chi connectivity index (χ0) is 22.7. The van der Waals surface area contributed by atoms with Crippen molar-refractivity contribution >= 4 is 15.9 Å². The molecule has 1 atom stereocenters. The van der Waals surface area contributed by atoms with Crippen LogP contribution in [0, 0.1) is 12.8 Å². The highest BCUT2D eigenvalue weighted by atomic mass is 32.2. The zero-order valence-electron chi connectivity index (χ0n) is 19.1. The summed E-state index contributed by atoms with van der Waals surface area (Å²) in [6, 6.07) is 14.2. The molecular formula is C26H34N2O3S. The topological polar surface area (TPSA) is 66.5 Å². The predicted octanol–water partition coefficient (Wildman–Crippen LogP) is 4.29. The van der Waals surface area contributed by atoms with Crippen molar-refractivity contribution in [3.8, 4) is 0 Å². The highest BCUT2D eigenvalue weighted by molar-refractivity contribution is 7.88. The third kappa shape index (κ3) is 5.41. The molecule has 172 valence electrons. The molecule has 0 unspecified atom stereocenters. The maximum atomic E-state index is 12.9. The zero-order valence-corrected chi connectivity index (χ0v) is 20.0. The van der Waals surface area contributed by atoms with Gasteiger partial charge in [-0.1, -0.05) is 48.0 Å². The molecule has 0 spiro atoms. The minimum atomic E-state index is -3.38. The molecule has 0 radical (unpaired) electrons. The van der Waals surface area contributed by atoms with Crippen LogP contribution in [0.4, 0.5) is 0 Å². The van der Waals surface area contributed by atoms with E-state index < -0.39 is 10.0 Å². The molecular weight excluding hydrogens is 420 g/mol. The molecule has 0 bridgehead atoms. The molecule has 5 nitrogen and oxygen atoms in total. The Morgan fingerprint density at radius 3 is 2.50 bits per heavy atom. The van der Waals surface area contributed by atoms with Crippen LogP contribution in [0.2, 0.25) is 0 Å². The van der Waals surface area contributed by atoms with Crippen LogP contribution in [0.25, 0.3) is 0 Å². The van der Waals surface area contributed by atoms with Crippen LogP contribution in [-0.2, 0) is 33.4 Å². The van der Waals surface area contributed by atoms with Crippen LogP contribution in [0.1, 0.15) is 66.5 Å². The van der Waals surface area contributed by atoms with Crippen LogP contribution in [-0.4, -0.2) is 31.7 Å². The smallest absolute Gasteiger partial charge is 0.223 e. The number of carbonyl (C=O) groups is 1. The molecule has 2 aromatic rings. The maximum absolute atomic E-state index is 12.9. The van der Waals surface area contributed by atoms with Crippen molar-refractivity contribution in [2.24, 2.45) is 5.92 Å². The second-order valence-electron chi connectivity index (χ2n) is 9.38. The standard InChI is InChI=1S/C26H34N2O3S/c1-19-6-5-7-21(16-19)18-32(30,31)28-14-12-23(13-15-28)26(29)27-20(2)24-11-10-22-8-3-4-9-25(22)17-24/h5-7,10-11,16-17,20,23H,3-4,8-9,12-15,18H2,1-2H3,(H,27,29)/t20-/m1/s1. The van der Waals surface area contributed by atoms with E-state index in [0.29, 0.717) is 25.9 Å². The van der Waals surface area contributed by atoms with E-state index >= 15 is 0 Å². The summed E-state index contributed by atoms with van der Waals surface area (Å²) < 4.78 is 27.2. The van der Waals surface area contributed by atoms with Crippen molar-refractivity contribution in [2.45, 2.75) is 64.2 Å². The van der Waals surface area contributed by atoms with Gasteiger partial charge in [0.25, 0.3) is 0 Å². The van der Waals surface area contributed by atoms with E-state index in [0.717, 1.165) is 29.5 Å². The lowest BCUT2D eigenvalue weighted by Gasteiger charge is -2.31. The van der Waals surface area contributed by atoms with Gasteiger partial charge in [0.1, 0.15) is 0 Å². The van der Waals surface area contributed by atoms with E-state index in [9.17, 15) is 13.2 Å². The Hall–Kier alpha value is -2.18. The Morgan fingerprint density at radius 2 is 1.78 bits per heavy atom. The van der Waals surface area contributed by atoms with E-state index in [2.05, 4.69) is 23.5 Å². The van der Waals surface area contributed by atoms with E-state index in [1.165, 1.54) is 24.0 Å². The largest absolute Gasteiger partial charge is 0.349 e. The third-order valence-electron chi connectivity index (χ3n) is 6.88. The van der Waals surface area contributed by atoms with Gasteiger partial charge in [0.05, 0.1) is 11.8 Å². The number of fused-ring (bicyclic) bond motifs is 1. The fraction of sp³-hybridized carbons (Fsp3) is 0.500. The number of rotatable bonds is 6. The highest BCUT2D eigenvalue weighted by Gasteiger charge is 2.31. The second kappa shape index (κ2) is 9.75. The molecule has 0 aromatic heterocycles. The number of piperidine rings is 1. The van der Waals surface area contributed by atoms with Gasteiger partial charge in [-0.3, -0.25) is 4.79 Å². The van der Waals surface area contributed by atoms with Gasteiger partial charge in [0.2, 0.25) is 15.9 Å². The van der Waals surface area contributed by atoms with Gasteiger partial charge in [0.15, 0.2) is 0 Å². The molecule has 32 heavy (non-hydrogen) atoms. The summed E-state index contributed by atoms with van der Waals surface area (Å²) in [7, 11) is -3.38. The molecule has 1 heterocycles. The second-order valence-corrected chi connectivity index (χ2v) is 11.4. The molecule has 4 rings (SSSR count). The maximum Gasteiger partial charge on any atom is 0.223 e. The number of hydrogen-bond donors (Lipinski definition) is 1. The summed E-state index contributed by atoms with van der Waals surface area (Å²) in [4.78, 5) is 12.9. The molecule has 1 fully saturated rings. The Morgan fingerprint density at radius 1 is 1.06 bits per heavy atom. The van der Waals surface area contributed by atoms with Crippen LogP contribution in [0.3, 0.4) is 0 Å². The number of amides is 1. The quantitative estimate of drug-likeness (QED) is 0.708. The van der Waals surface area contributed by atoms with Gasteiger partial charge in [-0.2, -0.15) is 0 Å². The normalized spacial score (nSPS) is 18.7. The average molecular weight is 455 g/mol. The van der Waals surface area contributed by atoms with Gasteiger partial charge < -0.3 is 5.32 Å². The van der Waals surface area contributed by atoms with Crippen molar-refractivity contribution in [3.63, 3.8) is 0 Å².